The van der Waals surface area contributed by atoms with Gasteiger partial charge >= 0.3 is 0 Å². The van der Waals surface area contributed by atoms with E-state index >= 15 is 0 Å². The molecule has 1 atom stereocenters. The van der Waals surface area contributed by atoms with E-state index in [2.05, 4.69) is 0 Å². The lowest BCUT2D eigenvalue weighted by atomic mass is 9.73. The van der Waals surface area contributed by atoms with Gasteiger partial charge in [0.25, 0.3) is 6.43 Å². The second kappa shape index (κ2) is 3.33. The lowest BCUT2D eigenvalue weighted by molar-refractivity contribution is -0.0898. The topological polar surface area (TPSA) is 9.23 Å². The molecule has 60 valence electrons. The highest BCUT2D eigenvalue weighted by Crippen LogP contribution is 2.24. The minimum Gasteiger partial charge on any atom is -0.381 e. The number of halogens is 2. The van der Waals surface area contributed by atoms with Crippen LogP contribution >= 0.6 is 0 Å². The molecule has 0 radical (unpaired) electrons. The normalized spacial score (nSPS) is 17.9. The Morgan fingerprint density at radius 3 is 1.80 bits per heavy atom. The van der Waals surface area contributed by atoms with Gasteiger partial charge in [-0.25, -0.2) is 8.78 Å². The first-order valence-corrected chi connectivity index (χ1v) is 3.28. The van der Waals surface area contributed by atoms with E-state index in [0.29, 0.717) is 0 Å². The Kier molecular flexibility index (Phi) is 3.29. The molecular formula is C6H13BF2O. The Morgan fingerprint density at radius 2 is 1.80 bits per heavy atom. The van der Waals surface area contributed by atoms with E-state index in [0.717, 1.165) is 0 Å². The molecule has 0 rings (SSSR count). The average Bonchev–Trinajstić information content (AvgIpc) is 1.85. The molecule has 10 heavy (non-hydrogen) atoms. The van der Waals surface area contributed by atoms with Crippen molar-refractivity contribution < 1.29 is 13.5 Å². The maximum absolute atomic E-state index is 12.2. The van der Waals surface area contributed by atoms with Crippen molar-refractivity contribution in [2.75, 3.05) is 7.11 Å². The van der Waals surface area contributed by atoms with Gasteiger partial charge in [-0.05, 0) is 5.92 Å². The van der Waals surface area contributed by atoms with Crippen LogP contribution in [0.15, 0.2) is 0 Å². The summed E-state index contributed by atoms with van der Waals surface area (Å²) in [6, 6.07) is 0. The Labute approximate surface area is 61.2 Å². The van der Waals surface area contributed by atoms with Crippen LogP contribution in [-0.2, 0) is 4.74 Å². The van der Waals surface area contributed by atoms with Crippen LogP contribution in [0.4, 0.5) is 8.78 Å². The van der Waals surface area contributed by atoms with E-state index < -0.39 is 11.9 Å². The van der Waals surface area contributed by atoms with Crippen molar-refractivity contribution in [2.45, 2.75) is 25.8 Å². The highest BCUT2D eigenvalue weighted by molar-refractivity contribution is 6.15. The zero-order valence-electron chi connectivity index (χ0n) is 6.82. The van der Waals surface area contributed by atoms with Gasteiger partial charge in [0.15, 0.2) is 7.85 Å². The molecule has 0 heterocycles. The fraction of sp³-hybridized carbons (Fsp3) is 1.00. The second-order valence-corrected chi connectivity index (χ2v) is 2.84. The molecule has 0 saturated carbocycles. The van der Waals surface area contributed by atoms with Gasteiger partial charge in [-0.15, -0.1) is 0 Å². The number of hydrogen-bond donors (Lipinski definition) is 0. The molecule has 0 bridgehead atoms. The van der Waals surface area contributed by atoms with Crippen molar-refractivity contribution in [1.29, 1.82) is 0 Å². The van der Waals surface area contributed by atoms with Crippen molar-refractivity contribution in [3.63, 3.8) is 0 Å². The van der Waals surface area contributed by atoms with Crippen LogP contribution in [0, 0.1) is 5.92 Å². The molecular weight excluding hydrogens is 137 g/mol. The number of ether oxygens (including phenoxy) is 1. The van der Waals surface area contributed by atoms with Crippen LogP contribution in [0.1, 0.15) is 13.8 Å². The molecule has 0 aliphatic carbocycles. The molecule has 0 aliphatic rings. The summed E-state index contributed by atoms with van der Waals surface area (Å²) in [5.74, 6) is -0.169. The molecule has 1 nitrogen and oxygen atoms in total. The third kappa shape index (κ3) is 1.69. The van der Waals surface area contributed by atoms with Crippen LogP contribution in [0.2, 0.25) is 0 Å². The van der Waals surface area contributed by atoms with E-state index in [1.807, 2.05) is 0 Å². The van der Waals surface area contributed by atoms with E-state index in [1.165, 1.54) is 15.0 Å². The van der Waals surface area contributed by atoms with Gasteiger partial charge in [-0.2, -0.15) is 0 Å². The van der Waals surface area contributed by atoms with Crippen LogP contribution in [0.5, 0.6) is 0 Å². The van der Waals surface area contributed by atoms with E-state index in [-0.39, 0.29) is 5.92 Å². The predicted molar refractivity (Wildman–Crippen MR) is 39.1 cm³/mol. The number of rotatable bonds is 3. The number of methoxy groups -OCH3 is 1. The van der Waals surface area contributed by atoms with Gasteiger partial charge in [0, 0.05) is 7.11 Å². The summed E-state index contributed by atoms with van der Waals surface area (Å²) < 4.78 is 29.1. The third-order valence-electron chi connectivity index (χ3n) is 2.02. The maximum Gasteiger partial charge on any atom is 0.259 e. The smallest absolute Gasteiger partial charge is 0.259 e. The summed E-state index contributed by atoms with van der Waals surface area (Å²) >= 11 is 0. The summed E-state index contributed by atoms with van der Waals surface area (Å²) in [7, 11) is 2.73. The monoisotopic (exact) mass is 150 g/mol. The molecule has 0 saturated heterocycles. The zero-order chi connectivity index (χ0) is 8.36. The molecule has 0 aromatic rings. The van der Waals surface area contributed by atoms with E-state index in [1.54, 1.807) is 13.8 Å². The van der Waals surface area contributed by atoms with Crippen LogP contribution in [0.3, 0.4) is 0 Å². The summed E-state index contributed by atoms with van der Waals surface area (Å²) in [6.07, 6.45) is -2.42. The first kappa shape index (κ1) is 9.88. The van der Waals surface area contributed by atoms with Crippen molar-refractivity contribution in [1.82, 2.24) is 0 Å². The standard InChI is InChI=1S/C6H13BF2O/c1-4(2)6(7,10-3)5(8)9/h4-5H,7H2,1-3H3. The largest absolute Gasteiger partial charge is 0.381 e. The van der Waals surface area contributed by atoms with Crippen LogP contribution in [0.25, 0.3) is 0 Å². The molecule has 0 amide bonds. The molecule has 0 aromatic heterocycles. The number of hydrogen-bond acceptors (Lipinski definition) is 1. The van der Waals surface area contributed by atoms with Crippen LogP contribution in [-0.4, -0.2) is 26.9 Å². The van der Waals surface area contributed by atoms with Gasteiger partial charge in [-0.1, -0.05) is 13.8 Å². The molecule has 0 aliphatic heterocycles. The molecule has 0 fully saturated rings. The van der Waals surface area contributed by atoms with Gasteiger partial charge in [-0.3, -0.25) is 0 Å². The van der Waals surface area contributed by atoms with Crippen molar-refractivity contribution in [2.24, 2.45) is 5.92 Å². The van der Waals surface area contributed by atoms with Crippen LogP contribution < -0.4 is 0 Å². The molecule has 0 aromatic carbocycles. The quantitative estimate of drug-likeness (QED) is 0.542. The van der Waals surface area contributed by atoms with Gasteiger partial charge in [0.1, 0.15) is 0 Å². The van der Waals surface area contributed by atoms with E-state index in [9.17, 15) is 8.78 Å². The molecule has 0 N–H and O–H groups in total. The highest BCUT2D eigenvalue weighted by Gasteiger charge is 2.37. The second-order valence-electron chi connectivity index (χ2n) is 2.84. The SMILES string of the molecule is BC(OC)(C(C)C)C(F)F. The minimum atomic E-state index is -2.42. The number of alkyl halides is 2. The first-order valence-electron chi connectivity index (χ1n) is 3.28. The molecule has 4 heteroatoms. The Hall–Kier alpha value is -0.115. The zero-order valence-corrected chi connectivity index (χ0v) is 6.82. The van der Waals surface area contributed by atoms with Crippen molar-refractivity contribution >= 4 is 7.85 Å². The summed E-state index contributed by atoms with van der Waals surface area (Å²) in [5, 5.41) is 0. The lowest BCUT2D eigenvalue weighted by Gasteiger charge is -2.31. The maximum atomic E-state index is 12.2. The van der Waals surface area contributed by atoms with Gasteiger partial charge in [0.05, 0.1) is 5.50 Å². The summed E-state index contributed by atoms with van der Waals surface area (Å²) in [5.41, 5.74) is -1.29. The predicted octanol–water partition coefficient (Wildman–Crippen LogP) is 0.883. The Balaban J connectivity index is 4.23. The first-order chi connectivity index (χ1) is 4.45. The molecule has 1 unspecified atom stereocenters. The fourth-order valence-corrected chi connectivity index (χ4v) is 0.577. The minimum absolute atomic E-state index is 0.169. The highest BCUT2D eigenvalue weighted by atomic mass is 19.3. The van der Waals surface area contributed by atoms with Gasteiger partial charge < -0.3 is 4.74 Å². The summed E-state index contributed by atoms with van der Waals surface area (Å²) in [6.45, 7) is 3.44. The van der Waals surface area contributed by atoms with Gasteiger partial charge in [0.2, 0.25) is 0 Å². The summed E-state index contributed by atoms with van der Waals surface area (Å²) in [4.78, 5) is 0. The Morgan fingerprint density at radius 1 is 1.40 bits per heavy atom. The van der Waals surface area contributed by atoms with Crippen molar-refractivity contribution in [3.05, 3.63) is 0 Å². The lowest BCUT2D eigenvalue weighted by Crippen LogP contribution is -2.45. The third-order valence-corrected chi connectivity index (χ3v) is 2.02. The Bertz CT molecular complexity index is 97.9. The van der Waals surface area contributed by atoms with E-state index in [4.69, 9.17) is 4.74 Å². The molecule has 0 spiro atoms. The van der Waals surface area contributed by atoms with Crippen molar-refractivity contribution in [3.8, 4) is 0 Å². The average molecular weight is 150 g/mol. The fourth-order valence-electron chi connectivity index (χ4n) is 0.577.